The van der Waals surface area contributed by atoms with Gasteiger partial charge in [0, 0.05) is 0 Å². The fourth-order valence-corrected chi connectivity index (χ4v) is 1.23. The Kier molecular flexibility index (Phi) is 1.40. The van der Waals surface area contributed by atoms with Crippen LogP contribution in [0.4, 0.5) is 0 Å². The molecule has 2 aliphatic rings. The van der Waals surface area contributed by atoms with Crippen molar-refractivity contribution in [2.75, 3.05) is 7.11 Å². The van der Waals surface area contributed by atoms with E-state index in [0.717, 1.165) is 0 Å². The van der Waals surface area contributed by atoms with Crippen LogP contribution in [0.1, 0.15) is 6.92 Å². The minimum atomic E-state index is -0.366. The maximum absolute atomic E-state index is 10.8. The zero-order valence-corrected chi connectivity index (χ0v) is 6.44. The first-order valence-electron chi connectivity index (χ1n) is 3.63. The fraction of sp³-hybridized carbons (Fsp3) is 0.857. The average molecular weight is 158 g/mol. The first kappa shape index (κ1) is 7.06. The van der Waals surface area contributed by atoms with Crippen LogP contribution >= 0.6 is 0 Å². The number of hydrogen-bond acceptors (Lipinski definition) is 4. The topological polar surface area (TPSA) is 51.4 Å². The van der Waals surface area contributed by atoms with Gasteiger partial charge in [-0.05, 0) is 6.92 Å². The lowest BCUT2D eigenvalue weighted by molar-refractivity contribution is -0.142. The number of ether oxygens (including phenoxy) is 3. The average Bonchev–Trinajstić information content (AvgIpc) is 2.81. The Labute approximate surface area is 64.4 Å². The summed E-state index contributed by atoms with van der Waals surface area (Å²) in [6, 6.07) is 0. The van der Waals surface area contributed by atoms with Gasteiger partial charge in [0.05, 0.1) is 13.2 Å². The van der Waals surface area contributed by atoms with E-state index in [0.29, 0.717) is 0 Å². The maximum Gasteiger partial charge on any atom is 0.337 e. The molecule has 2 aliphatic heterocycles. The number of methoxy groups -OCH3 is 1. The van der Waals surface area contributed by atoms with Crippen molar-refractivity contribution in [1.82, 2.24) is 0 Å². The summed E-state index contributed by atoms with van der Waals surface area (Å²) in [5.74, 6) is -0.294. The van der Waals surface area contributed by atoms with E-state index in [9.17, 15) is 4.79 Å². The van der Waals surface area contributed by atoms with Crippen molar-refractivity contribution >= 4 is 5.97 Å². The zero-order chi connectivity index (χ0) is 8.01. The van der Waals surface area contributed by atoms with Gasteiger partial charge in [-0.25, -0.2) is 4.79 Å². The van der Waals surface area contributed by atoms with Gasteiger partial charge in [0.1, 0.15) is 12.2 Å². The molecule has 2 saturated heterocycles. The molecule has 0 bridgehead atoms. The second-order valence-electron chi connectivity index (χ2n) is 2.85. The predicted molar refractivity (Wildman–Crippen MR) is 35.0 cm³/mol. The van der Waals surface area contributed by atoms with Crippen molar-refractivity contribution < 1.29 is 19.0 Å². The normalized spacial score (nSPS) is 46.7. The Bertz CT molecular complexity index is 191. The largest absolute Gasteiger partial charge is 0.467 e. The minimum Gasteiger partial charge on any atom is -0.467 e. The Morgan fingerprint density at radius 1 is 1.36 bits per heavy atom. The first-order chi connectivity index (χ1) is 5.24. The van der Waals surface area contributed by atoms with Gasteiger partial charge in [-0.3, -0.25) is 0 Å². The van der Waals surface area contributed by atoms with Gasteiger partial charge in [-0.1, -0.05) is 0 Å². The van der Waals surface area contributed by atoms with Gasteiger partial charge < -0.3 is 14.2 Å². The SMILES string of the molecule is COC(=O)[C@@H]1O[C@@H]1[C@H]1O[C@@H]1C. The van der Waals surface area contributed by atoms with E-state index in [1.54, 1.807) is 0 Å². The third kappa shape index (κ3) is 1.12. The van der Waals surface area contributed by atoms with Crippen LogP contribution < -0.4 is 0 Å². The van der Waals surface area contributed by atoms with Gasteiger partial charge in [0.25, 0.3) is 0 Å². The van der Waals surface area contributed by atoms with Crippen molar-refractivity contribution in [1.29, 1.82) is 0 Å². The van der Waals surface area contributed by atoms with Crippen LogP contribution in [0.15, 0.2) is 0 Å². The Balaban J connectivity index is 1.82. The van der Waals surface area contributed by atoms with Crippen molar-refractivity contribution in [2.45, 2.75) is 31.3 Å². The van der Waals surface area contributed by atoms with Crippen LogP contribution in [-0.4, -0.2) is 37.5 Å². The smallest absolute Gasteiger partial charge is 0.337 e. The lowest BCUT2D eigenvalue weighted by Gasteiger charge is -1.89. The number of carbonyl (C=O) groups excluding carboxylic acids is 1. The molecule has 0 aromatic rings. The molecule has 0 aromatic carbocycles. The molecule has 4 heteroatoms. The highest BCUT2D eigenvalue weighted by atomic mass is 16.7. The van der Waals surface area contributed by atoms with E-state index in [-0.39, 0.29) is 30.4 Å². The molecule has 0 unspecified atom stereocenters. The summed E-state index contributed by atoms with van der Waals surface area (Å²) in [5, 5.41) is 0. The highest BCUT2D eigenvalue weighted by Crippen LogP contribution is 2.38. The summed E-state index contributed by atoms with van der Waals surface area (Å²) in [7, 11) is 1.36. The second kappa shape index (κ2) is 2.19. The molecular formula is C7H10O4. The highest BCUT2D eigenvalue weighted by molar-refractivity contribution is 5.78. The summed E-state index contributed by atoms with van der Waals surface area (Å²) in [4.78, 5) is 10.8. The number of rotatable bonds is 2. The predicted octanol–water partition coefficient (Wildman–Crippen LogP) is -0.286. The van der Waals surface area contributed by atoms with Crippen molar-refractivity contribution in [2.24, 2.45) is 0 Å². The van der Waals surface area contributed by atoms with Crippen LogP contribution in [0.5, 0.6) is 0 Å². The molecule has 0 N–H and O–H groups in total. The maximum atomic E-state index is 10.8. The molecule has 0 saturated carbocycles. The minimum absolute atomic E-state index is 0.0440. The number of carbonyl (C=O) groups is 1. The van der Waals surface area contributed by atoms with E-state index in [1.807, 2.05) is 6.92 Å². The summed E-state index contributed by atoms with van der Waals surface area (Å²) >= 11 is 0. The van der Waals surface area contributed by atoms with Crippen LogP contribution in [-0.2, 0) is 19.0 Å². The van der Waals surface area contributed by atoms with Crippen LogP contribution in [0.25, 0.3) is 0 Å². The molecule has 2 rings (SSSR count). The standard InChI is InChI=1S/C7H10O4/c1-3-4(10-3)5-6(11-5)7(8)9-2/h3-6H,1-2H3/t3-,4+,5-,6-/m1/s1. The third-order valence-electron chi connectivity index (χ3n) is 2.04. The molecule has 62 valence electrons. The van der Waals surface area contributed by atoms with Crippen molar-refractivity contribution in [3.8, 4) is 0 Å². The van der Waals surface area contributed by atoms with E-state index >= 15 is 0 Å². The summed E-state index contributed by atoms with van der Waals surface area (Å²) in [5.41, 5.74) is 0. The van der Waals surface area contributed by atoms with E-state index in [4.69, 9.17) is 9.47 Å². The lowest BCUT2D eigenvalue weighted by Crippen LogP contribution is -2.14. The lowest BCUT2D eigenvalue weighted by atomic mass is 10.2. The summed E-state index contributed by atoms with van der Waals surface area (Å²) < 4.78 is 14.7. The Morgan fingerprint density at radius 3 is 2.45 bits per heavy atom. The molecule has 11 heavy (non-hydrogen) atoms. The first-order valence-corrected chi connectivity index (χ1v) is 3.63. The molecular weight excluding hydrogens is 148 g/mol. The summed E-state index contributed by atoms with van der Waals surface area (Å²) in [6.45, 7) is 1.96. The number of epoxide rings is 2. The van der Waals surface area contributed by atoms with Crippen LogP contribution in [0.3, 0.4) is 0 Å². The van der Waals surface area contributed by atoms with Gasteiger partial charge in [-0.2, -0.15) is 0 Å². The van der Waals surface area contributed by atoms with E-state index < -0.39 is 0 Å². The zero-order valence-electron chi connectivity index (χ0n) is 6.44. The quantitative estimate of drug-likeness (QED) is 0.409. The molecule has 0 amide bonds. The van der Waals surface area contributed by atoms with E-state index in [1.165, 1.54) is 7.11 Å². The van der Waals surface area contributed by atoms with Crippen LogP contribution in [0.2, 0.25) is 0 Å². The third-order valence-corrected chi connectivity index (χ3v) is 2.04. The Morgan fingerprint density at radius 2 is 2.00 bits per heavy atom. The molecule has 2 heterocycles. The molecule has 0 radical (unpaired) electrons. The van der Waals surface area contributed by atoms with Gasteiger partial charge in [0.15, 0.2) is 6.10 Å². The number of hydrogen-bond donors (Lipinski definition) is 0. The van der Waals surface area contributed by atoms with Crippen molar-refractivity contribution in [3.63, 3.8) is 0 Å². The van der Waals surface area contributed by atoms with Crippen LogP contribution in [0, 0.1) is 0 Å². The Hall–Kier alpha value is -0.610. The summed E-state index contributed by atoms with van der Waals surface area (Å²) in [6.07, 6.45) is -0.0406. The molecule has 0 aliphatic carbocycles. The molecule has 4 nitrogen and oxygen atoms in total. The van der Waals surface area contributed by atoms with E-state index in [2.05, 4.69) is 4.74 Å². The monoisotopic (exact) mass is 158 g/mol. The molecule has 0 aromatic heterocycles. The number of esters is 1. The molecule has 4 atom stereocenters. The van der Waals surface area contributed by atoms with Gasteiger partial charge in [0.2, 0.25) is 0 Å². The van der Waals surface area contributed by atoms with Gasteiger partial charge in [-0.15, -0.1) is 0 Å². The fourth-order valence-electron chi connectivity index (χ4n) is 1.23. The molecule has 2 fully saturated rings. The molecule has 0 spiro atoms. The van der Waals surface area contributed by atoms with Gasteiger partial charge >= 0.3 is 5.97 Å². The van der Waals surface area contributed by atoms with Crippen molar-refractivity contribution in [3.05, 3.63) is 0 Å². The second-order valence-corrected chi connectivity index (χ2v) is 2.85. The highest BCUT2D eigenvalue weighted by Gasteiger charge is 2.59.